The minimum Gasteiger partial charge on any atom is -0.350 e. The number of ketones is 2. The van der Waals surface area contributed by atoms with Crippen molar-refractivity contribution in [2.24, 2.45) is 4.99 Å². The van der Waals surface area contributed by atoms with Crippen molar-refractivity contribution >= 4 is 23.3 Å². The number of likely N-dealkylation sites (N-methyl/N-ethyl adjacent to an activating group) is 1. The third kappa shape index (κ3) is 3.89. The number of Topliss-reactive ketones (excluding diaryl/α,β-unsaturated/α-hetero) is 2. The van der Waals surface area contributed by atoms with Gasteiger partial charge in [-0.3, -0.25) is 19.3 Å². The molecule has 1 saturated heterocycles. The van der Waals surface area contributed by atoms with Crippen molar-refractivity contribution in [2.45, 2.75) is 43.8 Å². The van der Waals surface area contributed by atoms with Crippen LogP contribution in [0.15, 0.2) is 35.8 Å². The van der Waals surface area contributed by atoms with Gasteiger partial charge in [-0.2, -0.15) is 5.10 Å². The molecule has 178 valence electrons. The van der Waals surface area contributed by atoms with Gasteiger partial charge < -0.3 is 10.2 Å². The standard InChI is InChI=1S/C23H26FN7O3/c1-29-8-9-30-12-19(33)20(28-22(30)23(29)6-4-17(32)5-7-23)21(34)26-11-15-2-3-16(24)10-18(15)31-14-25-13-27-31/h2-3,10,13-14,20H,4-9,11-12H2,1H3,(H,26,34). The van der Waals surface area contributed by atoms with E-state index >= 15 is 0 Å². The van der Waals surface area contributed by atoms with Gasteiger partial charge in [-0.05, 0) is 37.6 Å². The molecule has 1 aromatic heterocycles. The maximum atomic E-state index is 13.8. The van der Waals surface area contributed by atoms with Crippen molar-refractivity contribution in [3.8, 4) is 5.69 Å². The Bertz CT molecular complexity index is 1150. The van der Waals surface area contributed by atoms with E-state index in [4.69, 9.17) is 0 Å². The number of amidine groups is 1. The molecule has 5 rings (SSSR count). The second-order valence-corrected chi connectivity index (χ2v) is 9.07. The number of aromatic nitrogens is 3. The molecule has 1 atom stereocenters. The summed E-state index contributed by atoms with van der Waals surface area (Å²) in [7, 11) is 2.02. The highest BCUT2D eigenvalue weighted by Gasteiger charge is 2.50. The lowest BCUT2D eigenvalue weighted by Crippen LogP contribution is -2.68. The van der Waals surface area contributed by atoms with Gasteiger partial charge in [0.25, 0.3) is 5.91 Å². The molecule has 10 nitrogen and oxygen atoms in total. The average molecular weight is 468 g/mol. The number of amides is 1. The van der Waals surface area contributed by atoms with Gasteiger partial charge in [-0.25, -0.2) is 19.0 Å². The molecule has 3 heterocycles. The second-order valence-electron chi connectivity index (χ2n) is 9.07. The fourth-order valence-corrected chi connectivity index (χ4v) is 5.14. The van der Waals surface area contributed by atoms with Crippen molar-refractivity contribution < 1.29 is 18.8 Å². The van der Waals surface area contributed by atoms with Gasteiger partial charge in [0, 0.05) is 32.5 Å². The fraction of sp³-hybridized carbons (Fsp3) is 0.478. The predicted molar refractivity (Wildman–Crippen MR) is 120 cm³/mol. The Morgan fingerprint density at radius 2 is 2.03 bits per heavy atom. The third-order valence-corrected chi connectivity index (χ3v) is 7.10. The van der Waals surface area contributed by atoms with Crippen LogP contribution in [-0.2, 0) is 20.9 Å². The zero-order chi connectivity index (χ0) is 23.9. The summed E-state index contributed by atoms with van der Waals surface area (Å²) in [6, 6.07) is 3.03. The Morgan fingerprint density at radius 1 is 1.24 bits per heavy atom. The van der Waals surface area contributed by atoms with Crippen LogP contribution in [0.5, 0.6) is 0 Å². The number of nitrogens with one attached hydrogen (secondary N) is 1. The van der Waals surface area contributed by atoms with Crippen LogP contribution in [-0.4, -0.2) is 86.1 Å². The highest BCUT2D eigenvalue weighted by molar-refractivity contribution is 6.12. The van der Waals surface area contributed by atoms with E-state index in [-0.39, 0.29) is 24.7 Å². The largest absolute Gasteiger partial charge is 0.350 e. The molecule has 1 unspecified atom stereocenters. The monoisotopic (exact) mass is 467 g/mol. The smallest absolute Gasteiger partial charge is 0.252 e. The first kappa shape index (κ1) is 22.3. The van der Waals surface area contributed by atoms with Crippen LogP contribution in [0.1, 0.15) is 31.2 Å². The molecule has 1 amide bonds. The summed E-state index contributed by atoms with van der Waals surface area (Å²) in [6.45, 7) is 1.63. The fourth-order valence-electron chi connectivity index (χ4n) is 5.14. The van der Waals surface area contributed by atoms with Crippen LogP contribution in [0.2, 0.25) is 0 Å². The van der Waals surface area contributed by atoms with Gasteiger partial charge in [0.05, 0.1) is 17.8 Å². The average Bonchev–Trinajstić information content (AvgIpc) is 3.37. The molecule has 3 aliphatic rings. The van der Waals surface area contributed by atoms with Gasteiger partial charge >= 0.3 is 0 Å². The van der Waals surface area contributed by atoms with Crippen molar-refractivity contribution in [3.63, 3.8) is 0 Å². The number of carbonyl (C=O) groups excluding carboxylic acids is 3. The van der Waals surface area contributed by atoms with Gasteiger partial charge in [-0.1, -0.05) is 6.07 Å². The quantitative estimate of drug-likeness (QED) is 0.652. The van der Waals surface area contributed by atoms with Crippen LogP contribution in [0.25, 0.3) is 5.69 Å². The molecule has 2 fully saturated rings. The van der Waals surface area contributed by atoms with E-state index in [1.54, 1.807) is 6.07 Å². The summed E-state index contributed by atoms with van der Waals surface area (Å²) < 4.78 is 15.2. The lowest BCUT2D eigenvalue weighted by atomic mass is 9.76. The molecule has 1 spiro atoms. The first-order valence-corrected chi connectivity index (χ1v) is 11.4. The molecular weight excluding hydrogens is 441 g/mol. The molecule has 1 aromatic carbocycles. The normalized spacial score (nSPS) is 22.5. The van der Waals surface area contributed by atoms with Crippen LogP contribution in [0.4, 0.5) is 4.39 Å². The Morgan fingerprint density at radius 3 is 2.76 bits per heavy atom. The molecule has 1 aliphatic carbocycles. The van der Waals surface area contributed by atoms with E-state index in [2.05, 4.69) is 25.3 Å². The minimum absolute atomic E-state index is 0.0756. The molecule has 1 N–H and O–H groups in total. The zero-order valence-electron chi connectivity index (χ0n) is 18.9. The Balaban J connectivity index is 1.38. The number of rotatable bonds is 4. The van der Waals surface area contributed by atoms with E-state index < -0.39 is 23.3 Å². The first-order chi connectivity index (χ1) is 16.4. The van der Waals surface area contributed by atoms with Crippen LogP contribution in [0.3, 0.4) is 0 Å². The van der Waals surface area contributed by atoms with E-state index in [0.29, 0.717) is 43.5 Å². The summed E-state index contributed by atoms with van der Waals surface area (Å²) in [6.07, 6.45) is 4.99. The van der Waals surface area contributed by atoms with E-state index in [0.717, 1.165) is 12.4 Å². The zero-order valence-corrected chi connectivity index (χ0v) is 18.9. The Hall–Kier alpha value is -3.47. The molecule has 0 bridgehead atoms. The number of piperazine rings is 1. The number of fused-ring (bicyclic) bond motifs is 2. The van der Waals surface area contributed by atoms with Gasteiger partial charge in [-0.15, -0.1) is 0 Å². The first-order valence-electron chi connectivity index (χ1n) is 11.4. The van der Waals surface area contributed by atoms with E-state index in [9.17, 15) is 18.8 Å². The lowest BCUT2D eigenvalue weighted by Gasteiger charge is -2.53. The summed E-state index contributed by atoms with van der Waals surface area (Å²) in [5, 5.41) is 6.83. The lowest BCUT2D eigenvalue weighted by molar-refractivity contribution is -0.131. The van der Waals surface area contributed by atoms with Crippen molar-refractivity contribution in [3.05, 3.63) is 42.2 Å². The van der Waals surface area contributed by atoms with E-state index in [1.165, 1.54) is 29.5 Å². The number of hydrogen-bond acceptors (Lipinski definition) is 8. The third-order valence-electron chi connectivity index (χ3n) is 7.10. The Labute approximate surface area is 195 Å². The highest BCUT2D eigenvalue weighted by atomic mass is 19.1. The Kier molecular flexibility index (Phi) is 5.72. The second kappa shape index (κ2) is 8.71. The number of hydrogen-bond donors (Lipinski definition) is 1. The van der Waals surface area contributed by atoms with Crippen LogP contribution < -0.4 is 5.32 Å². The number of nitrogens with zero attached hydrogens (tertiary/aromatic N) is 6. The van der Waals surface area contributed by atoms with Crippen molar-refractivity contribution in [1.29, 1.82) is 0 Å². The number of carbonyl (C=O) groups is 3. The van der Waals surface area contributed by atoms with Crippen molar-refractivity contribution in [2.75, 3.05) is 26.7 Å². The summed E-state index contributed by atoms with van der Waals surface area (Å²) in [5.41, 5.74) is 0.644. The van der Waals surface area contributed by atoms with Crippen LogP contribution in [0, 0.1) is 5.82 Å². The van der Waals surface area contributed by atoms with Crippen molar-refractivity contribution in [1.82, 2.24) is 29.9 Å². The topological polar surface area (TPSA) is 113 Å². The molecule has 2 aliphatic heterocycles. The maximum absolute atomic E-state index is 13.8. The summed E-state index contributed by atoms with van der Waals surface area (Å²) in [4.78, 5) is 50.6. The molecular formula is C23H26FN7O3. The minimum atomic E-state index is -1.15. The van der Waals surface area contributed by atoms with E-state index in [1.807, 2.05) is 11.9 Å². The van der Waals surface area contributed by atoms with Gasteiger partial charge in [0.1, 0.15) is 30.1 Å². The number of halogens is 1. The predicted octanol–water partition coefficient (Wildman–Crippen LogP) is 0.502. The molecule has 0 radical (unpaired) electrons. The summed E-state index contributed by atoms with van der Waals surface area (Å²) >= 11 is 0. The molecule has 11 heteroatoms. The number of aliphatic imine (C=N–C) groups is 1. The highest BCUT2D eigenvalue weighted by Crippen LogP contribution is 2.37. The molecule has 34 heavy (non-hydrogen) atoms. The SMILES string of the molecule is CN1CCN2CC(=O)C(C(=O)NCc3ccc(F)cc3-n3cncn3)N=C2C12CCC(=O)CC2. The number of benzene rings is 1. The molecule has 1 saturated carbocycles. The molecule has 2 aromatic rings. The van der Waals surface area contributed by atoms with Gasteiger partial charge in [0.2, 0.25) is 0 Å². The summed E-state index contributed by atoms with van der Waals surface area (Å²) in [5.74, 6) is -0.226. The van der Waals surface area contributed by atoms with Crippen LogP contribution >= 0.6 is 0 Å². The van der Waals surface area contributed by atoms with Gasteiger partial charge in [0.15, 0.2) is 11.8 Å². The maximum Gasteiger partial charge on any atom is 0.252 e.